The van der Waals surface area contributed by atoms with Crippen molar-refractivity contribution >= 4 is 12.4 Å². The predicted molar refractivity (Wildman–Crippen MR) is 110 cm³/mol. The number of rotatable bonds is 3. The first-order valence-electron chi connectivity index (χ1n) is 9.63. The van der Waals surface area contributed by atoms with Gasteiger partial charge in [-0.2, -0.15) is 0 Å². The molecule has 2 aromatic carbocycles. The van der Waals surface area contributed by atoms with Gasteiger partial charge < -0.3 is 9.64 Å². The van der Waals surface area contributed by atoms with Crippen molar-refractivity contribution in [1.29, 1.82) is 0 Å². The number of fused-ring (bicyclic) bond motifs is 2. The van der Waals surface area contributed by atoms with Crippen LogP contribution in [0.4, 0.5) is 0 Å². The number of hydrogen-bond donors (Lipinski definition) is 0. The van der Waals surface area contributed by atoms with E-state index in [1.54, 1.807) is 0 Å². The van der Waals surface area contributed by atoms with E-state index in [0.717, 1.165) is 19.3 Å². The number of halogens is 1. The highest BCUT2D eigenvalue weighted by atomic mass is 35.5. The lowest BCUT2D eigenvalue weighted by molar-refractivity contribution is -0.146. The average Bonchev–Trinajstić information content (AvgIpc) is 2.94. The van der Waals surface area contributed by atoms with Crippen LogP contribution in [0, 0.1) is 0 Å². The van der Waals surface area contributed by atoms with Crippen LogP contribution < -0.4 is 0 Å². The van der Waals surface area contributed by atoms with Crippen LogP contribution in [0.15, 0.2) is 54.6 Å². The quantitative estimate of drug-likeness (QED) is 0.707. The van der Waals surface area contributed by atoms with Crippen LogP contribution in [0.2, 0.25) is 0 Å². The van der Waals surface area contributed by atoms with E-state index in [0.29, 0.717) is 6.04 Å². The normalized spacial score (nSPS) is 30.2. The van der Waals surface area contributed by atoms with Crippen LogP contribution in [0.5, 0.6) is 0 Å². The lowest BCUT2D eigenvalue weighted by Gasteiger charge is -2.42. The minimum absolute atomic E-state index is 0. The van der Waals surface area contributed by atoms with Crippen molar-refractivity contribution in [1.82, 2.24) is 4.90 Å². The van der Waals surface area contributed by atoms with Gasteiger partial charge in [-0.25, -0.2) is 0 Å². The van der Waals surface area contributed by atoms with E-state index in [-0.39, 0.29) is 23.6 Å². The van der Waals surface area contributed by atoms with Gasteiger partial charge in [-0.05, 0) is 62.9 Å². The second-order valence-electron chi connectivity index (χ2n) is 7.88. The third-order valence-corrected chi connectivity index (χ3v) is 6.45. The molecule has 0 unspecified atom stereocenters. The first kappa shape index (κ1) is 19.4. The molecule has 0 aromatic heterocycles. The van der Waals surface area contributed by atoms with Gasteiger partial charge >= 0.3 is 0 Å². The fourth-order valence-electron chi connectivity index (χ4n) is 5.02. The second kappa shape index (κ2) is 7.34. The maximum atomic E-state index is 7.09. The fraction of sp³-hybridized carbons (Fsp3) is 0.478. The highest BCUT2D eigenvalue weighted by Crippen LogP contribution is 2.57. The molecular weight excluding hydrogens is 342 g/mol. The van der Waals surface area contributed by atoms with E-state index in [2.05, 4.69) is 80.5 Å². The molecule has 2 aromatic rings. The van der Waals surface area contributed by atoms with Crippen LogP contribution in [-0.4, -0.2) is 25.0 Å². The highest BCUT2D eigenvalue weighted by molar-refractivity contribution is 5.85. The van der Waals surface area contributed by atoms with Gasteiger partial charge in [0.25, 0.3) is 0 Å². The topological polar surface area (TPSA) is 12.5 Å². The molecule has 0 saturated heterocycles. The Morgan fingerprint density at radius 2 is 1.50 bits per heavy atom. The van der Waals surface area contributed by atoms with Crippen molar-refractivity contribution in [2.75, 3.05) is 14.1 Å². The Morgan fingerprint density at radius 3 is 2.08 bits per heavy atom. The Labute approximate surface area is 164 Å². The summed E-state index contributed by atoms with van der Waals surface area (Å²) in [4.78, 5) is 2.37. The minimum atomic E-state index is -0.303. The van der Waals surface area contributed by atoms with E-state index < -0.39 is 0 Å². The molecule has 1 aliphatic carbocycles. The third-order valence-electron chi connectivity index (χ3n) is 6.45. The number of hydrogen-bond acceptors (Lipinski definition) is 2. The van der Waals surface area contributed by atoms with E-state index in [9.17, 15) is 0 Å². The van der Waals surface area contributed by atoms with Crippen molar-refractivity contribution in [3.8, 4) is 0 Å². The van der Waals surface area contributed by atoms with E-state index >= 15 is 0 Å². The summed E-state index contributed by atoms with van der Waals surface area (Å²) in [5, 5.41) is 0. The summed E-state index contributed by atoms with van der Waals surface area (Å²) in [6.45, 7) is 2.26. The average molecular weight is 372 g/mol. The van der Waals surface area contributed by atoms with Gasteiger partial charge in [0, 0.05) is 6.04 Å². The highest BCUT2D eigenvalue weighted by Gasteiger charge is 2.54. The molecule has 0 bridgehead atoms. The zero-order valence-electron chi connectivity index (χ0n) is 16.1. The van der Waals surface area contributed by atoms with Gasteiger partial charge in [0.1, 0.15) is 5.60 Å². The predicted octanol–water partition coefficient (Wildman–Crippen LogP) is 5.49. The van der Waals surface area contributed by atoms with Crippen molar-refractivity contribution in [2.24, 2.45) is 0 Å². The van der Waals surface area contributed by atoms with Gasteiger partial charge in [-0.15, -0.1) is 12.4 Å². The summed E-state index contributed by atoms with van der Waals surface area (Å²) >= 11 is 0. The van der Waals surface area contributed by atoms with Gasteiger partial charge in [-0.1, -0.05) is 61.5 Å². The summed E-state index contributed by atoms with van der Waals surface area (Å²) in [7, 11) is 4.40. The summed E-state index contributed by atoms with van der Waals surface area (Å²) in [6.07, 6.45) is 5.60. The smallest absolute Gasteiger partial charge is 0.119 e. The Kier molecular flexibility index (Phi) is 5.48. The Hall–Kier alpha value is -1.35. The molecule has 1 aliphatic heterocycles. The molecule has 2 aliphatic rings. The maximum Gasteiger partial charge on any atom is 0.119 e. The molecular formula is C23H30ClNO. The summed E-state index contributed by atoms with van der Waals surface area (Å²) in [5.41, 5.74) is 3.68. The molecule has 4 rings (SSSR count). The largest absolute Gasteiger partial charge is 0.354 e. The van der Waals surface area contributed by atoms with Crippen molar-refractivity contribution in [3.63, 3.8) is 0 Å². The lowest BCUT2D eigenvalue weighted by atomic mass is 9.76. The monoisotopic (exact) mass is 371 g/mol. The van der Waals surface area contributed by atoms with Gasteiger partial charge in [0.2, 0.25) is 0 Å². The van der Waals surface area contributed by atoms with Crippen LogP contribution >= 0.6 is 12.4 Å². The van der Waals surface area contributed by atoms with Gasteiger partial charge in [-0.3, -0.25) is 0 Å². The molecule has 0 radical (unpaired) electrons. The second-order valence-corrected chi connectivity index (χ2v) is 7.88. The molecule has 0 amide bonds. The summed E-state index contributed by atoms with van der Waals surface area (Å²) < 4.78 is 7.09. The standard InChI is InChI=1S/C23H29NO.ClH/c1-4-23(18-10-6-5-7-11-18)21-13-9-8-12-20(21)22(25-23)16-14-19(15-17-22)24(2)3;/h5-13,19H,4,14-17H2,1-3H3;1H/t19?,22?,23-;/m1./s1. The SMILES string of the molecule is CC[C@]1(c2ccccc2)OC2(CCC(N(C)C)CC2)c2ccccc21.Cl. The molecule has 1 spiro atoms. The number of ether oxygens (including phenoxy) is 1. The summed E-state index contributed by atoms with van der Waals surface area (Å²) in [5.74, 6) is 0. The Morgan fingerprint density at radius 1 is 0.923 bits per heavy atom. The van der Waals surface area contributed by atoms with E-state index in [1.165, 1.54) is 29.5 Å². The van der Waals surface area contributed by atoms with Crippen LogP contribution in [0.25, 0.3) is 0 Å². The van der Waals surface area contributed by atoms with Gasteiger partial charge in [0.15, 0.2) is 0 Å². The third kappa shape index (κ3) is 2.89. The molecule has 0 N–H and O–H groups in total. The molecule has 1 fully saturated rings. The van der Waals surface area contributed by atoms with Gasteiger partial charge in [0.05, 0.1) is 5.60 Å². The molecule has 26 heavy (non-hydrogen) atoms. The van der Waals surface area contributed by atoms with Crippen molar-refractivity contribution < 1.29 is 4.74 Å². The molecule has 140 valence electrons. The first-order chi connectivity index (χ1) is 12.1. The molecule has 3 heteroatoms. The zero-order valence-corrected chi connectivity index (χ0v) is 16.9. The molecule has 1 heterocycles. The van der Waals surface area contributed by atoms with E-state index in [1.807, 2.05) is 0 Å². The zero-order chi connectivity index (χ0) is 17.5. The minimum Gasteiger partial charge on any atom is -0.354 e. The lowest BCUT2D eigenvalue weighted by Crippen LogP contribution is -2.41. The Balaban J connectivity index is 0.00000196. The molecule has 2 nitrogen and oxygen atoms in total. The van der Waals surface area contributed by atoms with E-state index in [4.69, 9.17) is 4.74 Å². The fourth-order valence-corrected chi connectivity index (χ4v) is 5.02. The number of nitrogens with zero attached hydrogens (tertiary/aromatic N) is 1. The number of benzene rings is 2. The Bertz CT molecular complexity index is 737. The maximum absolute atomic E-state index is 7.09. The van der Waals surface area contributed by atoms with Crippen LogP contribution in [-0.2, 0) is 15.9 Å². The van der Waals surface area contributed by atoms with Crippen LogP contribution in [0.3, 0.4) is 0 Å². The van der Waals surface area contributed by atoms with Crippen molar-refractivity contribution in [2.45, 2.75) is 56.3 Å². The summed E-state index contributed by atoms with van der Waals surface area (Å²) in [6, 6.07) is 20.4. The van der Waals surface area contributed by atoms with Crippen LogP contribution in [0.1, 0.15) is 55.7 Å². The molecule has 1 atom stereocenters. The molecule has 1 saturated carbocycles. The first-order valence-corrected chi connectivity index (χ1v) is 9.63. The van der Waals surface area contributed by atoms with Crippen molar-refractivity contribution in [3.05, 3.63) is 71.3 Å².